The summed E-state index contributed by atoms with van der Waals surface area (Å²) in [6.45, 7) is 0. The van der Waals surface area contributed by atoms with Crippen molar-refractivity contribution in [2.24, 2.45) is 0 Å². The monoisotopic (exact) mass is 336 g/mol. The zero-order chi connectivity index (χ0) is 18.4. The summed E-state index contributed by atoms with van der Waals surface area (Å²) in [7, 11) is 3.11. The SMILES string of the molecule is [3H]COC(c1ccccc1)(c1ccc(OC)cc1)c1ccc(OC)cc1. The molecule has 3 aromatic rings. The van der Waals surface area contributed by atoms with Crippen molar-refractivity contribution in [3.63, 3.8) is 0 Å². The molecule has 0 aromatic heterocycles. The Hall–Kier alpha value is -2.78. The molecule has 0 radical (unpaired) electrons. The molecule has 3 aromatic carbocycles. The fraction of sp³-hybridized carbons (Fsp3) is 0.182. The van der Waals surface area contributed by atoms with Gasteiger partial charge in [-0.3, -0.25) is 0 Å². The molecule has 3 heteroatoms. The second kappa shape index (κ2) is 7.41. The van der Waals surface area contributed by atoms with Gasteiger partial charge < -0.3 is 14.2 Å². The van der Waals surface area contributed by atoms with Crippen LogP contribution in [0.5, 0.6) is 11.5 Å². The number of rotatable bonds is 6. The smallest absolute Gasteiger partial charge is 0.143 e. The molecule has 0 saturated carbocycles. The maximum absolute atomic E-state index is 7.79. The Bertz CT molecular complexity index is 767. The molecule has 128 valence electrons. The molecule has 0 N–H and O–H groups in total. The molecule has 0 unspecified atom stereocenters. The van der Waals surface area contributed by atoms with Crippen molar-refractivity contribution in [3.8, 4) is 11.5 Å². The molecule has 0 bridgehead atoms. The Labute approximate surface area is 150 Å². The first kappa shape index (κ1) is 15.7. The van der Waals surface area contributed by atoms with Crippen molar-refractivity contribution in [3.05, 3.63) is 95.6 Å². The van der Waals surface area contributed by atoms with Crippen molar-refractivity contribution in [2.75, 3.05) is 21.3 Å². The van der Waals surface area contributed by atoms with E-state index in [-0.39, 0.29) is 7.09 Å². The van der Waals surface area contributed by atoms with Crippen molar-refractivity contribution >= 4 is 0 Å². The van der Waals surface area contributed by atoms with Crippen LogP contribution in [0, 0.1) is 0 Å². The van der Waals surface area contributed by atoms with Crippen molar-refractivity contribution in [1.82, 2.24) is 0 Å². The minimum Gasteiger partial charge on any atom is -0.497 e. The normalized spacial score (nSPS) is 11.7. The fourth-order valence-corrected chi connectivity index (χ4v) is 3.07. The number of benzene rings is 3. The van der Waals surface area contributed by atoms with Gasteiger partial charge in [0.25, 0.3) is 0 Å². The van der Waals surface area contributed by atoms with Crippen LogP contribution in [0.4, 0.5) is 0 Å². The van der Waals surface area contributed by atoms with Gasteiger partial charge in [0.2, 0.25) is 0 Å². The van der Waals surface area contributed by atoms with E-state index in [1.54, 1.807) is 14.2 Å². The van der Waals surface area contributed by atoms with E-state index in [4.69, 9.17) is 15.6 Å². The Kier molecular flexibility index (Phi) is 4.66. The lowest BCUT2D eigenvalue weighted by Gasteiger charge is -2.34. The first-order valence-electron chi connectivity index (χ1n) is 8.73. The molecule has 0 amide bonds. The summed E-state index contributed by atoms with van der Waals surface area (Å²) in [5.74, 6) is 1.55. The number of ether oxygens (including phenoxy) is 3. The van der Waals surface area contributed by atoms with Gasteiger partial charge in [-0.25, -0.2) is 0 Å². The molecule has 0 fully saturated rings. The third-order valence-electron chi connectivity index (χ3n) is 4.39. The first-order chi connectivity index (χ1) is 12.7. The van der Waals surface area contributed by atoms with Crippen LogP contribution in [0.3, 0.4) is 0 Å². The average molecular weight is 336 g/mol. The summed E-state index contributed by atoms with van der Waals surface area (Å²) >= 11 is 0. The number of hydrogen-bond donors (Lipinski definition) is 0. The zero-order valence-corrected chi connectivity index (χ0v) is 14.4. The topological polar surface area (TPSA) is 27.7 Å². The molecule has 0 spiro atoms. The molecule has 3 rings (SSSR count). The van der Waals surface area contributed by atoms with Gasteiger partial charge in [0, 0.05) is 7.09 Å². The van der Waals surface area contributed by atoms with Crippen LogP contribution in [0.2, 0.25) is 0 Å². The van der Waals surface area contributed by atoms with Crippen molar-refractivity contribution in [1.29, 1.82) is 0 Å². The maximum Gasteiger partial charge on any atom is 0.143 e. The molecule has 0 heterocycles. The lowest BCUT2D eigenvalue weighted by atomic mass is 9.80. The third kappa shape index (κ3) is 3.11. The fourth-order valence-electron chi connectivity index (χ4n) is 3.07. The van der Waals surface area contributed by atoms with E-state index in [2.05, 4.69) is 0 Å². The first-order valence-corrected chi connectivity index (χ1v) is 8.02. The van der Waals surface area contributed by atoms with Crippen LogP contribution < -0.4 is 9.47 Å². The highest BCUT2D eigenvalue weighted by Gasteiger charge is 2.36. The van der Waals surface area contributed by atoms with Gasteiger partial charge >= 0.3 is 0 Å². The lowest BCUT2D eigenvalue weighted by Crippen LogP contribution is -2.31. The van der Waals surface area contributed by atoms with Gasteiger partial charge in [0.1, 0.15) is 17.1 Å². The lowest BCUT2D eigenvalue weighted by molar-refractivity contribution is 0.0584. The van der Waals surface area contributed by atoms with Gasteiger partial charge in [-0.15, -0.1) is 0 Å². The van der Waals surface area contributed by atoms with Gasteiger partial charge in [0.15, 0.2) is 0 Å². The van der Waals surface area contributed by atoms with Gasteiger partial charge in [0.05, 0.1) is 15.6 Å². The van der Waals surface area contributed by atoms with E-state index < -0.39 is 5.60 Å². The van der Waals surface area contributed by atoms with Gasteiger partial charge in [-0.2, -0.15) is 0 Å². The van der Waals surface area contributed by atoms with Gasteiger partial charge in [-0.1, -0.05) is 54.6 Å². The summed E-state index contributed by atoms with van der Waals surface area (Å²) in [5, 5.41) is 0. The summed E-state index contributed by atoms with van der Waals surface area (Å²) in [4.78, 5) is 0. The molecule has 0 aliphatic rings. The summed E-state index contributed by atoms with van der Waals surface area (Å²) in [5.41, 5.74) is 1.94. The largest absolute Gasteiger partial charge is 0.497 e. The molecular weight excluding hydrogens is 312 g/mol. The van der Waals surface area contributed by atoms with Gasteiger partial charge in [-0.05, 0) is 41.0 Å². The second-order valence-corrected chi connectivity index (χ2v) is 5.65. The van der Waals surface area contributed by atoms with Crippen molar-refractivity contribution in [2.45, 2.75) is 5.60 Å². The molecule has 0 saturated heterocycles. The standard InChI is InChI=1S/C22H22O3/c1-23-20-13-9-18(10-14-20)22(25-3,17-7-5-4-6-8-17)19-11-15-21(24-2)16-12-19/h4-16H,1-3H3/i3T. The Morgan fingerprint density at radius 2 is 1.08 bits per heavy atom. The second-order valence-electron chi connectivity index (χ2n) is 5.65. The van der Waals surface area contributed by atoms with E-state index in [1.165, 1.54) is 0 Å². The van der Waals surface area contributed by atoms with Crippen LogP contribution in [0.1, 0.15) is 18.1 Å². The highest BCUT2D eigenvalue weighted by Crippen LogP contribution is 2.40. The van der Waals surface area contributed by atoms with E-state index >= 15 is 0 Å². The van der Waals surface area contributed by atoms with Crippen LogP contribution >= 0.6 is 0 Å². The summed E-state index contributed by atoms with van der Waals surface area (Å²) in [6.07, 6.45) is 0. The minimum absolute atomic E-state index is 0.174. The highest BCUT2D eigenvalue weighted by atomic mass is 16.5. The van der Waals surface area contributed by atoms with Crippen LogP contribution in [-0.4, -0.2) is 21.3 Å². The Morgan fingerprint density at radius 1 is 0.640 bits per heavy atom. The zero-order valence-electron chi connectivity index (χ0n) is 15.4. The molecule has 3 nitrogen and oxygen atoms in total. The van der Waals surface area contributed by atoms with E-state index in [1.807, 2.05) is 78.9 Å². The van der Waals surface area contributed by atoms with Crippen LogP contribution in [0.25, 0.3) is 0 Å². The molecule has 0 atom stereocenters. The third-order valence-corrected chi connectivity index (χ3v) is 4.39. The number of methoxy groups -OCH3 is 3. The van der Waals surface area contributed by atoms with E-state index in [9.17, 15) is 0 Å². The quantitative estimate of drug-likeness (QED) is 0.614. The molecular formula is C22H22O3. The van der Waals surface area contributed by atoms with E-state index in [0.717, 1.165) is 28.2 Å². The highest BCUT2D eigenvalue weighted by molar-refractivity contribution is 5.49. The molecule has 0 aliphatic carbocycles. The summed E-state index contributed by atoms with van der Waals surface area (Å²) in [6, 6.07) is 25.5. The van der Waals surface area contributed by atoms with E-state index in [0.29, 0.717) is 0 Å². The predicted molar refractivity (Wildman–Crippen MR) is 99.3 cm³/mol. The Morgan fingerprint density at radius 3 is 1.48 bits per heavy atom. The minimum atomic E-state index is -0.887. The molecule has 25 heavy (non-hydrogen) atoms. The number of hydrogen-bond acceptors (Lipinski definition) is 3. The predicted octanol–water partition coefficient (Wildman–Crippen LogP) is 4.64. The molecule has 0 aliphatic heterocycles. The summed E-state index contributed by atoms with van der Waals surface area (Å²) < 4.78 is 24.5. The van der Waals surface area contributed by atoms with Crippen molar-refractivity contribution < 1.29 is 15.6 Å². The Balaban J connectivity index is 2.23. The van der Waals surface area contributed by atoms with Crippen LogP contribution in [-0.2, 0) is 10.3 Å². The maximum atomic E-state index is 7.79. The average Bonchev–Trinajstić information content (AvgIpc) is 2.73. The van der Waals surface area contributed by atoms with Crippen LogP contribution in [0.15, 0.2) is 78.9 Å².